The molecule has 1 N–H and O–H groups in total. The highest BCUT2D eigenvalue weighted by molar-refractivity contribution is 5.76. The number of urea groups is 1. The molecule has 26 heavy (non-hydrogen) atoms. The zero-order chi connectivity index (χ0) is 18.0. The molecule has 2 aromatic carbocycles. The summed E-state index contributed by atoms with van der Waals surface area (Å²) < 4.78 is 11.3. The molecule has 2 aliphatic rings. The summed E-state index contributed by atoms with van der Waals surface area (Å²) in [6.45, 7) is 4.43. The zero-order valence-electron chi connectivity index (χ0n) is 15.0. The number of benzene rings is 2. The predicted molar refractivity (Wildman–Crippen MR) is 99.4 cm³/mol. The van der Waals surface area contributed by atoms with Gasteiger partial charge in [0.15, 0.2) is 11.5 Å². The predicted octanol–water partition coefficient (Wildman–Crippen LogP) is 3.68. The molecule has 0 bridgehead atoms. The fourth-order valence-electron chi connectivity index (χ4n) is 3.37. The molecule has 1 aliphatic carbocycles. The molecule has 1 aliphatic heterocycles. The van der Waals surface area contributed by atoms with Crippen LogP contribution >= 0.6 is 0 Å². The van der Waals surface area contributed by atoms with Crippen LogP contribution in [0.3, 0.4) is 0 Å². The molecular formula is C21H24N2O3. The second-order valence-corrected chi connectivity index (χ2v) is 6.87. The van der Waals surface area contributed by atoms with E-state index in [9.17, 15) is 4.79 Å². The molecule has 4 rings (SSSR count). The lowest BCUT2D eigenvalue weighted by Crippen LogP contribution is -2.44. The lowest BCUT2D eigenvalue weighted by Gasteiger charge is -2.27. The van der Waals surface area contributed by atoms with Gasteiger partial charge in [0.1, 0.15) is 13.2 Å². The van der Waals surface area contributed by atoms with E-state index in [0.717, 1.165) is 35.5 Å². The minimum atomic E-state index is -0.281. The quantitative estimate of drug-likeness (QED) is 0.893. The molecule has 5 heteroatoms. The molecule has 136 valence electrons. The van der Waals surface area contributed by atoms with Crippen molar-refractivity contribution < 1.29 is 14.3 Å². The number of hydrogen-bond acceptors (Lipinski definition) is 3. The van der Waals surface area contributed by atoms with Crippen molar-refractivity contribution in [2.45, 2.75) is 31.8 Å². The summed E-state index contributed by atoms with van der Waals surface area (Å²) in [7, 11) is 0. The number of rotatable bonds is 5. The Balaban J connectivity index is 1.47. The molecule has 1 saturated carbocycles. The molecule has 0 atom stereocenters. The van der Waals surface area contributed by atoms with E-state index >= 15 is 0 Å². The smallest absolute Gasteiger partial charge is 0.318 e. The van der Waals surface area contributed by atoms with Crippen LogP contribution in [-0.4, -0.2) is 30.7 Å². The van der Waals surface area contributed by atoms with Gasteiger partial charge in [-0.05, 0) is 43.0 Å². The molecule has 0 radical (unpaired) electrons. The number of amides is 2. The largest absolute Gasteiger partial charge is 0.486 e. The van der Waals surface area contributed by atoms with E-state index in [4.69, 9.17) is 9.47 Å². The van der Waals surface area contributed by atoms with Crippen molar-refractivity contribution in [3.63, 3.8) is 0 Å². The SMILES string of the molecule is CCN(Cc1ccccc1)C(=O)NC1(c2ccc3c(c2)OCCO3)CC1. The number of ether oxygens (including phenoxy) is 2. The molecule has 1 fully saturated rings. The van der Waals surface area contributed by atoms with Crippen molar-refractivity contribution in [1.29, 1.82) is 0 Å². The summed E-state index contributed by atoms with van der Waals surface area (Å²) in [6, 6.07) is 16.0. The highest BCUT2D eigenvalue weighted by Crippen LogP contribution is 2.48. The standard InChI is InChI=1S/C21H24N2O3/c1-2-23(15-16-6-4-3-5-7-16)20(24)22-21(10-11-21)17-8-9-18-19(14-17)26-13-12-25-18/h3-9,14H,2,10-13,15H2,1H3,(H,22,24). The Labute approximate surface area is 153 Å². The number of fused-ring (bicyclic) bond motifs is 1. The first-order valence-corrected chi connectivity index (χ1v) is 9.21. The topological polar surface area (TPSA) is 50.8 Å². The van der Waals surface area contributed by atoms with Crippen LogP contribution in [0, 0.1) is 0 Å². The van der Waals surface area contributed by atoms with Crippen LogP contribution in [0.2, 0.25) is 0 Å². The first-order valence-electron chi connectivity index (χ1n) is 9.21. The Hall–Kier alpha value is -2.69. The van der Waals surface area contributed by atoms with Crippen LogP contribution in [0.5, 0.6) is 11.5 Å². The highest BCUT2D eigenvalue weighted by atomic mass is 16.6. The van der Waals surface area contributed by atoms with Gasteiger partial charge in [-0.1, -0.05) is 36.4 Å². The van der Waals surface area contributed by atoms with E-state index in [1.165, 1.54) is 0 Å². The number of nitrogens with one attached hydrogen (secondary N) is 1. The fourth-order valence-corrected chi connectivity index (χ4v) is 3.37. The van der Waals surface area contributed by atoms with Gasteiger partial charge < -0.3 is 19.7 Å². The van der Waals surface area contributed by atoms with Crippen LogP contribution in [-0.2, 0) is 12.1 Å². The third kappa shape index (κ3) is 3.34. The number of nitrogens with zero attached hydrogens (tertiary/aromatic N) is 1. The number of hydrogen-bond donors (Lipinski definition) is 1. The lowest BCUT2D eigenvalue weighted by molar-refractivity contribution is 0.171. The normalized spacial score (nSPS) is 16.7. The average molecular weight is 352 g/mol. The molecule has 0 aromatic heterocycles. The Bertz CT molecular complexity index is 787. The first kappa shape index (κ1) is 16.8. The fraction of sp³-hybridized carbons (Fsp3) is 0.381. The minimum Gasteiger partial charge on any atom is -0.486 e. The van der Waals surface area contributed by atoms with Crippen LogP contribution in [0.4, 0.5) is 4.79 Å². The van der Waals surface area contributed by atoms with Crippen LogP contribution in [0.1, 0.15) is 30.9 Å². The van der Waals surface area contributed by atoms with Gasteiger partial charge in [0.2, 0.25) is 0 Å². The maximum absolute atomic E-state index is 12.9. The average Bonchev–Trinajstić information content (AvgIpc) is 3.47. The first-order chi connectivity index (χ1) is 12.7. The Morgan fingerprint density at radius 1 is 1.08 bits per heavy atom. The zero-order valence-corrected chi connectivity index (χ0v) is 15.0. The van der Waals surface area contributed by atoms with Crippen LogP contribution in [0.15, 0.2) is 48.5 Å². The third-order valence-corrected chi connectivity index (χ3v) is 5.08. The van der Waals surface area contributed by atoms with E-state index in [2.05, 4.69) is 5.32 Å². The van der Waals surface area contributed by atoms with Crippen LogP contribution < -0.4 is 14.8 Å². The summed E-state index contributed by atoms with van der Waals surface area (Å²) in [4.78, 5) is 14.7. The van der Waals surface area contributed by atoms with Crippen molar-refractivity contribution in [1.82, 2.24) is 10.2 Å². The van der Waals surface area contributed by atoms with E-state index in [1.807, 2.05) is 60.4 Å². The maximum atomic E-state index is 12.9. The summed E-state index contributed by atoms with van der Waals surface area (Å²) in [5.41, 5.74) is 1.94. The monoisotopic (exact) mass is 352 g/mol. The van der Waals surface area contributed by atoms with E-state index in [0.29, 0.717) is 26.3 Å². The van der Waals surface area contributed by atoms with Gasteiger partial charge in [-0.15, -0.1) is 0 Å². The Kier molecular flexibility index (Phi) is 4.45. The van der Waals surface area contributed by atoms with Crippen molar-refractivity contribution >= 4 is 6.03 Å². The summed E-state index contributed by atoms with van der Waals surface area (Å²) in [5.74, 6) is 1.55. The van der Waals surface area contributed by atoms with Crippen LogP contribution in [0.25, 0.3) is 0 Å². The molecule has 0 unspecified atom stereocenters. The van der Waals surface area contributed by atoms with Gasteiger partial charge in [0.05, 0.1) is 5.54 Å². The minimum absolute atomic E-state index is 0.0243. The van der Waals surface area contributed by atoms with Gasteiger partial charge in [0.25, 0.3) is 0 Å². The number of carbonyl (C=O) groups is 1. The molecular weight excluding hydrogens is 328 g/mol. The van der Waals surface area contributed by atoms with Crippen molar-refractivity contribution in [2.24, 2.45) is 0 Å². The lowest BCUT2D eigenvalue weighted by atomic mass is 10.0. The molecule has 2 aromatic rings. The van der Waals surface area contributed by atoms with Gasteiger partial charge in [0, 0.05) is 13.1 Å². The van der Waals surface area contributed by atoms with Gasteiger partial charge in [-0.25, -0.2) is 4.79 Å². The van der Waals surface area contributed by atoms with Crippen molar-refractivity contribution in [3.8, 4) is 11.5 Å². The Morgan fingerprint density at radius 2 is 1.81 bits per heavy atom. The van der Waals surface area contributed by atoms with Gasteiger partial charge >= 0.3 is 6.03 Å². The second kappa shape index (κ2) is 6.90. The van der Waals surface area contributed by atoms with E-state index in [1.54, 1.807) is 0 Å². The van der Waals surface area contributed by atoms with Crippen molar-refractivity contribution in [2.75, 3.05) is 19.8 Å². The van der Waals surface area contributed by atoms with Gasteiger partial charge in [-0.3, -0.25) is 0 Å². The number of carbonyl (C=O) groups excluding carboxylic acids is 1. The molecule has 1 heterocycles. The Morgan fingerprint density at radius 3 is 2.50 bits per heavy atom. The van der Waals surface area contributed by atoms with E-state index in [-0.39, 0.29) is 11.6 Å². The molecule has 0 saturated heterocycles. The van der Waals surface area contributed by atoms with Gasteiger partial charge in [-0.2, -0.15) is 0 Å². The molecule has 2 amide bonds. The summed E-state index contributed by atoms with van der Waals surface area (Å²) in [5, 5.41) is 3.25. The molecule has 0 spiro atoms. The highest BCUT2D eigenvalue weighted by Gasteiger charge is 2.46. The summed E-state index contributed by atoms with van der Waals surface area (Å²) in [6.07, 6.45) is 1.89. The summed E-state index contributed by atoms with van der Waals surface area (Å²) >= 11 is 0. The van der Waals surface area contributed by atoms with E-state index < -0.39 is 0 Å². The second-order valence-electron chi connectivity index (χ2n) is 6.87. The maximum Gasteiger partial charge on any atom is 0.318 e. The van der Waals surface area contributed by atoms with Crippen molar-refractivity contribution in [3.05, 3.63) is 59.7 Å². The molecule has 5 nitrogen and oxygen atoms in total. The third-order valence-electron chi connectivity index (χ3n) is 5.08.